The summed E-state index contributed by atoms with van der Waals surface area (Å²) in [5, 5.41) is 8.54. The van der Waals surface area contributed by atoms with Crippen molar-refractivity contribution in [1.82, 2.24) is 0 Å². The normalized spacial score (nSPS) is 9.67. The minimum atomic E-state index is 0.0904. The summed E-state index contributed by atoms with van der Waals surface area (Å²) in [6.45, 7) is 0.0904. The summed E-state index contributed by atoms with van der Waals surface area (Å²) in [5.41, 5.74) is 1.88. The molecule has 0 fully saturated rings. The molecule has 15 heavy (non-hydrogen) atoms. The molecular weight excluding hydrogens is 188 g/mol. The average Bonchev–Trinajstić information content (AvgIpc) is 2.28. The van der Waals surface area contributed by atoms with Crippen LogP contribution in [0, 0.1) is 11.8 Å². The molecule has 0 radical (unpaired) electrons. The Morgan fingerprint density at radius 2 is 2.00 bits per heavy atom. The Bertz CT molecular complexity index is 391. The Hall–Kier alpha value is -1.85. The van der Waals surface area contributed by atoms with Gasteiger partial charge < -0.3 is 5.11 Å². The third kappa shape index (κ3) is 4.26. The Morgan fingerprint density at radius 3 is 2.60 bits per heavy atom. The fourth-order valence-electron chi connectivity index (χ4n) is 1.05. The van der Waals surface area contributed by atoms with Crippen LogP contribution in [0.3, 0.4) is 0 Å². The van der Waals surface area contributed by atoms with Gasteiger partial charge in [0, 0.05) is 12.0 Å². The lowest BCUT2D eigenvalue weighted by atomic mass is 10.1. The molecule has 0 bridgehead atoms. The lowest BCUT2D eigenvalue weighted by molar-refractivity contribution is -0.104. The molecule has 0 spiro atoms. The molecule has 0 aliphatic rings. The third-order valence-corrected chi connectivity index (χ3v) is 1.75. The molecule has 1 rings (SSSR count). The van der Waals surface area contributed by atoms with Crippen LogP contribution < -0.4 is 0 Å². The standard InChI is InChI=1S/C13H12O2/c14-10-2-1-4-12-6-8-13(9-7-12)5-3-11-15/h3,5-9,11,14H,2,10H2/b5-3+. The van der Waals surface area contributed by atoms with Crippen molar-refractivity contribution in [2.75, 3.05) is 6.61 Å². The van der Waals surface area contributed by atoms with Gasteiger partial charge in [0.05, 0.1) is 6.61 Å². The van der Waals surface area contributed by atoms with Crippen molar-refractivity contribution in [3.63, 3.8) is 0 Å². The van der Waals surface area contributed by atoms with Crippen molar-refractivity contribution in [2.24, 2.45) is 0 Å². The van der Waals surface area contributed by atoms with Gasteiger partial charge in [-0.2, -0.15) is 0 Å². The van der Waals surface area contributed by atoms with E-state index >= 15 is 0 Å². The topological polar surface area (TPSA) is 37.3 Å². The van der Waals surface area contributed by atoms with Crippen LogP contribution in [-0.4, -0.2) is 18.0 Å². The van der Waals surface area contributed by atoms with Gasteiger partial charge in [0.2, 0.25) is 0 Å². The summed E-state index contributed by atoms with van der Waals surface area (Å²) in [4.78, 5) is 10.1. The molecule has 1 N–H and O–H groups in total. The van der Waals surface area contributed by atoms with Gasteiger partial charge in [0.1, 0.15) is 6.29 Å². The Morgan fingerprint density at radius 1 is 1.27 bits per heavy atom. The third-order valence-electron chi connectivity index (χ3n) is 1.75. The van der Waals surface area contributed by atoms with E-state index in [-0.39, 0.29) is 6.61 Å². The molecule has 0 aliphatic heterocycles. The van der Waals surface area contributed by atoms with E-state index in [2.05, 4.69) is 11.8 Å². The van der Waals surface area contributed by atoms with Crippen LogP contribution >= 0.6 is 0 Å². The van der Waals surface area contributed by atoms with E-state index in [1.165, 1.54) is 6.08 Å². The number of hydrogen-bond donors (Lipinski definition) is 1. The minimum absolute atomic E-state index is 0.0904. The monoisotopic (exact) mass is 200 g/mol. The van der Waals surface area contributed by atoms with E-state index in [0.717, 1.165) is 17.4 Å². The number of hydrogen-bond acceptors (Lipinski definition) is 2. The van der Waals surface area contributed by atoms with Gasteiger partial charge in [0.25, 0.3) is 0 Å². The van der Waals surface area contributed by atoms with E-state index in [1.54, 1.807) is 6.08 Å². The molecule has 0 saturated heterocycles. The first-order chi connectivity index (χ1) is 7.36. The number of benzene rings is 1. The molecule has 0 heterocycles. The predicted molar refractivity (Wildman–Crippen MR) is 60.1 cm³/mol. The van der Waals surface area contributed by atoms with Crippen LogP contribution in [0.2, 0.25) is 0 Å². The zero-order chi connectivity index (χ0) is 10.9. The summed E-state index contributed by atoms with van der Waals surface area (Å²) in [6, 6.07) is 7.55. The maximum Gasteiger partial charge on any atom is 0.142 e. The maximum atomic E-state index is 10.1. The maximum absolute atomic E-state index is 10.1. The molecule has 0 aliphatic carbocycles. The largest absolute Gasteiger partial charge is 0.395 e. The minimum Gasteiger partial charge on any atom is -0.395 e. The van der Waals surface area contributed by atoms with Crippen LogP contribution in [-0.2, 0) is 4.79 Å². The van der Waals surface area contributed by atoms with E-state index in [4.69, 9.17) is 5.11 Å². The van der Waals surface area contributed by atoms with Crippen LogP contribution in [0.1, 0.15) is 17.5 Å². The van der Waals surface area contributed by atoms with Crippen LogP contribution in [0.5, 0.6) is 0 Å². The smallest absolute Gasteiger partial charge is 0.142 e. The highest BCUT2D eigenvalue weighted by molar-refractivity contribution is 5.73. The van der Waals surface area contributed by atoms with Crippen molar-refractivity contribution in [1.29, 1.82) is 0 Å². The Kier molecular flexibility index (Phi) is 4.93. The number of carbonyl (C=O) groups excluding carboxylic acids is 1. The van der Waals surface area contributed by atoms with Gasteiger partial charge in [-0.15, -0.1) is 0 Å². The number of aliphatic hydroxyl groups is 1. The van der Waals surface area contributed by atoms with E-state index in [0.29, 0.717) is 6.42 Å². The summed E-state index contributed by atoms with van der Waals surface area (Å²) in [6.07, 6.45) is 4.42. The molecule has 2 heteroatoms. The SMILES string of the molecule is O=C/C=C/c1ccc(C#CCCO)cc1. The van der Waals surface area contributed by atoms with Crippen molar-refractivity contribution >= 4 is 12.4 Å². The first kappa shape index (κ1) is 11.2. The Balaban J connectivity index is 2.69. The van der Waals surface area contributed by atoms with Gasteiger partial charge in [-0.05, 0) is 23.8 Å². The highest BCUT2D eigenvalue weighted by Crippen LogP contribution is 2.04. The van der Waals surface area contributed by atoms with E-state index in [1.807, 2.05) is 24.3 Å². The molecule has 1 aromatic rings. The summed E-state index contributed by atoms with van der Waals surface area (Å²) >= 11 is 0. The zero-order valence-corrected chi connectivity index (χ0v) is 8.31. The molecule has 1 aromatic carbocycles. The molecule has 2 nitrogen and oxygen atoms in total. The average molecular weight is 200 g/mol. The highest BCUT2D eigenvalue weighted by atomic mass is 16.2. The number of aldehydes is 1. The van der Waals surface area contributed by atoms with Crippen molar-refractivity contribution < 1.29 is 9.90 Å². The molecule has 0 unspecified atom stereocenters. The molecular formula is C13H12O2. The first-order valence-corrected chi connectivity index (χ1v) is 4.68. The number of aliphatic hydroxyl groups excluding tert-OH is 1. The molecule has 0 amide bonds. The number of rotatable bonds is 3. The highest BCUT2D eigenvalue weighted by Gasteiger charge is 1.87. The van der Waals surface area contributed by atoms with Gasteiger partial charge in [-0.25, -0.2) is 0 Å². The summed E-state index contributed by atoms with van der Waals surface area (Å²) in [7, 11) is 0. The first-order valence-electron chi connectivity index (χ1n) is 4.68. The van der Waals surface area contributed by atoms with E-state index < -0.39 is 0 Å². The van der Waals surface area contributed by atoms with Gasteiger partial charge in [-0.1, -0.05) is 30.0 Å². The lowest BCUT2D eigenvalue weighted by Gasteiger charge is -1.92. The second-order valence-corrected chi connectivity index (χ2v) is 2.89. The van der Waals surface area contributed by atoms with Crippen LogP contribution in [0.25, 0.3) is 6.08 Å². The van der Waals surface area contributed by atoms with Gasteiger partial charge in [-0.3, -0.25) is 4.79 Å². The molecule has 0 saturated carbocycles. The zero-order valence-electron chi connectivity index (χ0n) is 8.31. The van der Waals surface area contributed by atoms with Crippen molar-refractivity contribution in [3.05, 3.63) is 41.5 Å². The molecule has 76 valence electrons. The second-order valence-electron chi connectivity index (χ2n) is 2.89. The van der Waals surface area contributed by atoms with Crippen LogP contribution in [0.15, 0.2) is 30.3 Å². The Labute approximate surface area is 89.3 Å². The van der Waals surface area contributed by atoms with Gasteiger partial charge >= 0.3 is 0 Å². The van der Waals surface area contributed by atoms with Crippen molar-refractivity contribution in [3.8, 4) is 11.8 Å². The van der Waals surface area contributed by atoms with Gasteiger partial charge in [0.15, 0.2) is 0 Å². The fourth-order valence-corrected chi connectivity index (χ4v) is 1.05. The summed E-state index contributed by atoms with van der Waals surface area (Å²) in [5.74, 6) is 5.77. The molecule has 0 aromatic heterocycles. The number of carbonyl (C=O) groups is 1. The summed E-state index contributed by atoms with van der Waals surface area (Å²) < 4.78 is 0. The molecule has 0 atom stereocenters. The fraction of sp³-hybridized carbons (Fsp3) is 0.154. The van der Waals surface area contributed by atoms with Crippen LogP contribution in [0.4, 0.5) is 0 Å². The second kappa shape index (κ2) is 6.58. The van der Waals surface area contributed by atoms with Crippen molar-refractivity contribution in [2.45, 2.75) is 6.42 Å². The predicted octanol–water partition coefficient (Wildman–Crippen LogP) is 1.63. The number of allylic oxidation sites excluding steroid dienone is 1. The van der Waals surface area contributed by atoms with E-state index in [9.17, 15) is 4.79 Å². The quantitative estimate of drug-likeness (QED) is 0.457. The lowest BCUT2D eigenvalue weighted by Crippen LogP contribution is -1.78.